The molecule has 2 aromatic heterocycles. The molecule has 2 heterocycles. The summed E-state index contributed by atoms with van der Waals surface area (Å²) < 4.78 is 1.81. The zero-order chi connectivity index (χ0) is 20.8. The zero-order valence-corrected chi connectivity index (χ0v) is 18.1. The molecule has 3 aromatic rings. The van der Waals surface area contributed by atoms with Crippen LogP contribution < -0.4 is 10.6 Å². The second-order valence-electron chi connectivity index (χ2n) is 5.93. The van der Waals surface area contributed by atoms with Crippen LogP contribution in [0.5, 0.6) is 0 Å². The molecule has 0 unspecified atom stereocenters. The van der Waals surface area contributed by atoms with Gasteiger partial charge in [0.2, 0.25) is 11.0 Å². The first-order chi connectivity index (χ1) is 13.9. The maximum atomic E-state index is 12.1. The fourth-order valence-corrected chi connectivity index (χ4v) is 3.78. The predicted octanol–water partition coefficient (Wildman–Crippen LogP) is 2.33. The lowest BCUT2D eigenvalue weighted by atomic mass is 10.2. The Morgan fingerprint density at radius 1 is 1.17 bits per heavy atom. The van der Waals surface area contributed by atoms with E-state index in [0.29, 0.717) is 39.7 Å². The van der Waals surface area contributed by atoms with Gasteiger partial charge < -0.3 is 9.88 Å². The molecule has 0 spiro atoms. The molecular formula is C17H18ClN7O2S2. The summed E-state index contributed by atoms with van der Waals surface area (Å²) in [5, 5.41) is 23.9. The predicted molar refractivity (Wildman–Crippen MR) is 112 cm³/mol. The van der Waals surface area contributed by atoms with Crippen molar-refractivity contribution < 1.29 is 9.59 Å². The Kier molecular flexibility index (Phi) is 7.18. The number of halogens is 1. The van der Waals surface area contributed by atoms with Crippen molar-refractivity contribution in [2.75, 3.05) is 17.6 Å². The lowest BCUT2D eigenvalue weighted by Gasteiger charge is -2.06. The van der Waals surface area contributed by atoms with Crippen molar-refractivity contribution in [3.05, 3.63) is 45.7 Å². The summed E-state index contributed by atoms with van der Waals surface area (Å²) in [6.07, 6.45) is 0.514. The Balaban J connectivity index is 1.45. The average molecular weight is 452 g/mol. The molecule has 3 rings (SSSR count). The zero-order valence-electron chi connectivity index (χ0n) is 15.7. The van der Waals surface area contributed by atoms with E-state index in [1.807, 2.05) is 18.5 Å². The molecule has 0 aliphatic carbocycles. The molecule has 1 aromatic carbocycles. The molecule has 9 nitrogen and oxygen atoms in total. The van der Waals surface area contributed by atoms with E-state index in [1.165, 1.54) is 23.1 Å². The molecule has 0 radical (unpaired) electrons. The van der Waals surface area contributed by atoms with Gasteiger partial charge in [0.25, 0.3) is 5.91 Å². The number of anilines is 1. The van der Waals surface area contributed by atoms with Gasteiger partial charge in [-0.25, -0.2) is 0 Å². The Morgan fingerprint density at radius 3 is 2.62 bits per heavy atom. The Bertz CT molecular complexity index is 1000. The number of carbonyl (C=O) groups excluding carboxylic acids is 2. The van der Waals surface area contributed by atoms with Crippen LogP contribution >= 0.6 is 34.7 Å². The van der Waals surface area contributed by atoms with Crippen LogP contribution in [0.15, 0.2) is 29.4 Å². The fourth-order valence-electron chi connectivity index (χ4n) is 2.31. The maximum absolute atomic E-state index is 12.1. The molecule has 2 N–H and O–H groups in total. The van der Waals surface area contributed by atoms with Gasteiger partial charge >= 0.3 is 0 Å². The van der Waals surface area contributed by atoms with Gasteiger partial charge in [-0.15, -0.1) is 20.4 Å². The van der Waals surface area contributed by atoms with Gasteiger partial charge in [-0.2, -0.15) is 0 Å². The van der Waals surface area contributed by atoms with Crippen molar-refractivity contribution in [2.45, 2.75) is 18.5 Å². The first-order valence-electron chi connectivity index (χ1n) is 8.57. The summed E-state index contributed by atoms with van der Waals surface area (Å²) in [6, 6.07) is 6.68. The van der Waals surface area contributed by atoms with Crippen LogP contribution in [0.25, 0.3) is 0 Å². The second kappa shape index (κ2) is 9.81. The van der Waals surface area contributed by atoms with Gasteiger partial charge in [-0.1, -0.05) is 34.7 Å². The minimum absolute atomic E-state index is 0.178. The van der Waals surface area contributed by atoms with Crippen LogP contribution in [0, 0.1) is 6.92 Å². The summed E-state index contributed by atoms with van der Waals surface area (Å²) >= 11 is 8.42. The van der Waals surface area contributed by atoms with Crippen LogP contribution in [-0.4, -0.2) is 49.1 Å². The van der Waals surface area contributed by atoms with Crippen molar-refractivity contribution in [1.29, 1.82) is 0 Å². The largest absolute Gasteiger partial charge is 0.352 e. The van der Waals surface area contributed by atoms with E-state index in [-0.39, 0.29) is 17.6 Å². The highest BCUT2D eigenvalue weighted by molar-refractivity contribution is 7.99. The molecule has 29 heavy (non-hydrogen) atoms. The molecule has 152 valence electrons. The van der Waals surface area contributed by atoms with Gasteiger partial charge in [0, 0.05) is 30.6 Å². The highest BCUT2D eigenvalue weighted by Gasteiger charge is 2.13. The number of rotatable bonds is 8. The number of amides is 2. The van der Waals surface area contributed by atoms with Crippen LogP contribution in [0.2, 0.25) is 5.02 Å². The number of carbonyl (C=O) groups is 2. The van der Waals surface area contributed by atoms with Crippen LogP contribution in [0.3, 0.4) is 0 Å². The number of hydrogen-bond acceptors (Lipinski definition) is 8. The monoisotopic (exact) mass is 451 g/mol. The molecule has 0 saturated heterocycles. The number of thioether (sulfide) groups is 1. The van der Waals surface area contributed by atoms with Crippen molar-refractivity contribution in [1.82, 2.24) is 30.3 Å². The third kappa shape index (κ3) is 5.99. The first-order valence-corrected chi connectivity index (χ1v) is 10.7. The van der Waals surface area contributed by atoms with Gasteiger partial charge in [-0.3, -0.25) is 14.9 Å². The van der Waals surface area contributed by atoms with Crippen LogP contribution in [0.1, 0.15) is 21.2 Å². The molecule has 0 aliphatic rings. The van der Waals surface area contributed by atoms with Gasteiger partial charge in [0.15, 0.2) is 5.16 Å². The molecular weight excluding hydrogens is 434 g/mol. The van der Waals surface area contributed by atoms with Gasteiger partial charge in [0.05, 0.1) is 5.75 Å². The second-order valence-corrected chi connectivity index (χ2v) is 8.49. The number of nitrogens with one attached hydrogen (secondary N) is 2. The normalized spacial score (nSPS) is 10.7. The van der Waals surface area contributed by atoms with E-state index in [2.05, 4.69) is 31.0 Å². The quantitative estimate of drug-likeness (QED) is 0.505. The molecule has 0 fully saturated rings. The molecule has 0 atom stereocenters. The lowest BCUT2D eigenvalue weighted by molar-refractivity contribution is -0.113. The summed E-state index contributed by atoms with van der Waals surface area (Å²) in [5.74, 6) is 0.523. The number of benzene rings is 1. The van der Waals surface area contributed by atoms with E-state index >= 15 is 0 Å². The summed E-state index contributed by atoms with van der Waals surface area (Å²) in [4.78, 5) is 24.1. The summed E-state index contributed by atoms with van der Waals surface area (Å²) in [6.45, 7) is 2.23. The Morgan fingerprint density at radius 2 is 1.93 bits per heavy atom. The third-order valence-corrected chi connectivity index (χ3v) is 5.80. The Hall–Kier alpha value is -2.50. The van der Waals surface area contributed by atoms with E-state index < -0.39 is 0 Å². The van der Waals surface area contributed by atoms with Crippen molar-refractivity contribution in [3.63, 3.8) is 0 Å². The van der Waals surface area contributed by atoms with Crippen molar-refractivity contribution in [3.8, 4) is 0 Å². The average Bonchev–Trinajstić information content (AvgIpc) is 3.26. The maximum Gasteiger partial charge on any atom is 0.251 e. The van der Waals surface area contributed by atoms with Crippen LogP contribution in [-0.2, 0) is 18.3 Å². The molecule has 12 heteroatoms. The minimum Gasteiger partial charge on any atom is -0.352 e. The van der Waals surface area contributed by atoms with Crippen LogP contribution in [0.4, 0.5) is 5.13 Å². The standard InChI is InChI=1S/C17H18ClN7O2S2/c1-10-21-23-16(29-10)20-14(26)9-28-17-24-22-13(25(17)2)7-8-19-15(27)11-3-5-12(18)6-4-11/h3-6H,7-9H2,1-2H3,(H,19,27)(H,20,23,26). The molecule has 2 amide bonds. The highest BCUT2D eigenvalue weighted by Crippen LogP contribution is 2.18. The number of hydrogen-bond donors (Lipinski definition) is 2. The van der Waals surface area contributed by atoms with E-state index in [9.17, 15) is 9.59 Å². The molecule has 0 saturated carbocycles. The number of aryl methyl sites for hydroxylation is 1. The first kappa shape index (κ1) is 21.2. The minimum atomic E-state index is -0.189. The van der Waals surface area contributed by atoms with E-state index in [4.69, 9.17) is 11.6 Å². The Labute approximate surface area is 180 Å². The lowest BCUT2D eigenvalue weighted by Crippen LogP contribution is -2.26. The molecule has 0 aliphatic heterocycles. The SMILES string of the molecule is Cc1nnc(NC(=O)CSc2nnc(CCNC(=O)c3ccc(Cl)cc3)n2C)s1. The summed E-state index contributed by atoms with van der Waals surface area (Å²) in [7, 11) is 1.82. The summed E-state index contributed by atoms with van der Waals surface area (Å²) in [5.41, 5.74) is 0.542. The van der Waals surface area contributed by atoms with Gasteiger partial charge in [-0.05, 0) is 31.2 Å². The van der Waals surface area contributed by atoms with E-state index in [0.717, 1.165) is 5.01 Å². The van der Waals surface area contributed by atoms with Gasteiger partial charge in [0.1, 0.15) is 10.8 Å². The third-order valence-electron chi connectivity index (χ3n) is 3.77. The highest BCUT2D eigenvalue weighted by atomic mass is 35.5. The number of nitrogens with zero attached hydrogens (tertiary/aromatic N) is 5. The number of aromatic nitrogens is 5. The smallest absolute Gasteiger partial charge is 0.251 e. The molecule has 0 bridgehead atoms. The fraction of sp³-hybridized carbons (Fsp3) is 0.294. The van der Waals surface area contributed by atoms with E-state index in [1.54, 1.807) is 24.3 Å². The van der Waals surface area contributed by atoms with Crippen molar-refractivity contribution in [2.24, 2.45) is 7.05 Å². The van der Waals surface area contributed by atoms with Crippen molar-refractivity contribution >= 4 is 51.6 Å². The topological polar surface area (TPSA) is 115 Å².